The lowest BCUT2D eigenvalue weighted by atomic mass is 9.81. The van der Waals surface area contributed by atoms with Crippen LogP contribution in [0.4, 0.5) is 4.39 Å². The first-order valence-corrected chi connectivity index (χ1v) is 7.38. The van der Waals surface area contributed by atoms with Crippen molar-refractivity contribution in [2.75, 3.05) is 0 Å². The van der Waals surface area contributed by atoms with Crippen molar-refractivity contribution in [1.29, 1.82) is 0 Å². The average molecular weight is 299 g/mol. The Labute approximate surface area is 128 Å². The zero-order chi connectivity index (χ0) is 15.6. The summed E-state index contributed by atoms with van der Waals surface area (Å²) in [7, 11) is 0. The lowest BCUT2D eigenvalue weighted by Crippen LogP contribution is -2.27. The quantitative estimate of drug-likeness (QED) is 0.921. The molecule has 1 heterocycles. The summed E-state index contributed by atoms with van der Waals surface area (Å²) in [5, 5.41) is 0. The molecular formula is C18H18FNO2. The van der Waals surface area contributed by atoms with E-state index in [0.29, 0.717) is 25.9 Å². The molecular weight excluding hydrogens is 281 g/mol. The van der Waals surface area contributed by atoms with Gasteiger partial charge in [0.25, 0.3) is 0 Å². The first-order valence-electron chi connectivity index (χ1n) is 7.38. The van der Waals surface area contributed by atoms with Crippen LogP contribution >= 0.6 is 0 Å². The van der Waals surface area contributed by atoms with Gasteiger partial charge in [0.2, 0.25) is 5.91 Å². The smallest absolute Gasteiger partial charge is 0.217 e. The van der Waals surface area contributed by atoms with Gasteiger partial charge in [0.1, 0.15) is 11.4 Å². The number of carbonyl (C=O) groups is 1. The van der Waals surface area contributed by atoms with Crippen molar-refractivity contribution in [3.05, 3.63) is 71.0 Å². The maximum absolute atomic E-state index is 13.3. The van der Waals surface area contributed by atoms with Crippen molar-refractivity contribution in [3.63, 3.8) is 0 Å². The molecule has 22 heavy (non-hydrogen) atoms. The number of carbonyl (C=O) groups excluding carboxylic acids is 1. The van der Waals surface area contributed by atoms with Gasteiger partial charge in [-0.2, -0.15) is 0 Å². The van der Waals surface area contributed by atoms with Gasteiger partial charge in [-0.05, 0) is 41.7 Å². The van der Waals surface area contributed by atoms with Crippen LogP contribution in [0.2, 0.25) is 0 Å². The fourth-order valence-corrected chi connectivity index (χ4v) is 3.14. The Bertz CT molecular complexity index is 684. The minimum atomic E-state index is -0.625. The lowest BCUT2D eigenvalue weighted by Gasteiger charge is -2.30. The van der Waals surface area contributed by atoms with Crippen molar-refractivity contribution >= 4 is 5.91 Å². The molecule has 2 aromatic carbocycles. The number of primary amides is 1. The topological polar surface area (TPSA) is 52.3 Å². The Morgan fingerprint density at radius 3 is 2.64 bits per heavy atom. The van der Waals surface area contributed by atoms with Gasteiger partial charge in [-0.25, -0.2) is 4.39 Å². The highest BCUT2D eigenvalue weighted by Crippen LogP contribution is 2.45. The normalized spacial score (nSPS) is 19.9. The summed E-state index contributed by atoms with van der Waals surface area (Å²) in [5.41, 5.74) is 7.74. The van der Waals surface area contributed by atoms with E-state index < -0.39 is 5.60 Å². The van der Waals surface area contributed by atoms with Gasteiger partial charge in [0, 0.05) is 6.42 Å². The van der Waals surface area contributed by atoms with E-state index in [0.717, 1.165) is 16.7 Å². The summed E-state index contributed by atoms with van der Waals surface area (Å²) in [6.45, 7) is 0.518. The molecule has 2 N–H and O–H groups in total. The molecule has 0 aliphatic carbocycles. The van der Waals surface area contributed by atoms with Gasteiger partial charge < -0.3 is 10.5 Å². The van der Waals surface area contributed by atoms with Crippen molar-refractivity contribution in [3.8, 4) is 0 Å². The first kappa shape index (κ1) is 14.7. The third-order valence-electron chi connectivity index (χ3n) is 4.19. The zero-order valence-corrected chi connectivity index (χ0v) is 12.2. The van der Waals surface area contributed by atoms with Crippen molar-refractivity contribution < 1.29 is 13.9 Å². The predicted molar refractivity (Wildman–Crippen MR) is 81.5 cm³/mol. The molecule has 0 bridgehead atoms. The molecule has 1 aliphatic heterocycles. The highest BCUT2D eigenvalue weighted by atomic mass is 19.1. The summed E-state index contributed by atoms with van der Waals surface area (Å²) in [5.74, 6) is -0.595. The van der Waals surface area contributed by atoms with Crippen LogP contribution in [0.15, 0.2) is 48.5 Å². The number of rotatable bonds is 5. The minimum absolute atomic E-state index is 0.276. The van der Waals surface area contributed by atoms with Crippen LogP contribution in [0, 0.1) is 5.82 Å². The Kier molecular flexibility index (Phi) is 3.94. The Hall–Kier alpha value is -2.20. The van der Waals surface area contributed by atoms with E-state index in [9.17, 15) is 9.18 Å². The Morgan fingerprint density at radius 1 is 1.18 bits per heavy atom. The molecule has 0 spiro atoms. The maximum atomic E-state index is 13.3. The van der Waals surface area contributed by atoms with Gasteiger partial charge in [-0.15, -0.1) is 0 Å². The predicted octanol–water partition coefficient (Wildman–Crippen LogP) is 3.26. The maximum Gasteiger partial charge on any atom is 0.217 e. The standard InChI is InChI=1S/C18H18FNO2/c19-15-9-7-14(8-10-15)18(11-3-6-17(20)21)16-5-2-1-4-13(16)12-22-18/h1-2,4-5,7-10H,3,6,11-12H2,(H2,20,21). The molecule has 4 heteroatoms. The first-order chi connectivity index (χ1) is 10.6. The lowest BCUT2D eigenvalue weighted by molar-refractivity contribution is -0.118. The van der Waals surface area contributed by atoms with Crippen molar-refractivity contribution in [2.24, 2.45) is 5.73 Å². The van der Waals surface area contributed by atoms with Gasteiger partial charge in [-0.1, -0.05) is 36.4 Å². The molecule has 1 atom stereocenters. The van der Waals surface area contributed by atoms with Crippen LogP contribution in [0.25, 0.3) is 0 Å². The molecule has 114 valence electrons. The summed E-state index contributed by atoms with van der Waals surface area (Å²) < 4.78 is 19.4. The molecule has 3 nitrogen and oxygen atoms in total. The van der Waals surface area contributed by atoms with Crippen LogP contribution in [0.3, 0.4) is 0 Å². The molecule has 0 saturated heterocycles. The third-order valence-corrected chi connectivity index (χ3v) is 4.19. The molecule has 3 rings (SSSR count). The fraction of sp³-hybridized carbons (Fsp3) is 0.278. The number of ether oxygens (including phenoxy) is 1. The molecule has 1 unspecified atom stereocenters. The van der Waals surface area contributed by atoms with Crippen molar-refractivity contribution in [1.82, 2.24) is 0 Å². The molecule has 0 saturated carbocycles. The van der Waals surface area contributed by atoms with E-state index in [1.54, 1.807) is 12.1 Å². The number of halogens is 1. The van der Waals surface area contributed by atoms with E-state index >= 15 is 0 Å². The number of benzene rings is 2. The summed E-state index contributed by atoms with van der Waals surface area (Å²) in [4.78, 5) is 11.0. The van der Waals surface area contributed by atoms with Crippen LogP contribution in [0.5, 0.6) is 0 Å². The second-order valence-corrected chi connectivity index (χ2v) is 5.60. The third kappa shape index (κ3) is 2.62. The number of fused-ring (bicyclic) bond motifs is 1. The number of nitrogens with two attached hydrogens (primary N) is 1. The minimum Gasteiger partial charge on any atom is -0.370 e. The van der Waals surface area contributed by atoms with Gasteiger partial charge in [-0.3, -0.25) is 4.79 Å². The van der Waals surface area contributed by atoms with Crippen LogP contribution in [0.1, 0.15) is 36.0 Å². The highest BCUT2D eigenvalue weighted by molar-refractivity contribution is 5.73. The summed E-state index contributed by atoms with van der Waals surface area (Å²) in [6.07, 6.45) is 1.58. The summed E-state index contributed by atoms with van der Waals surface area (Å²) >= 11 is 0. The Balaban J connectivity index is 2.00. The highest BCUT2D eigenvalue weighted by Gasteiger charge is 2.41. The molecule has 1 aliphatic rings. The zero-order valence-electron chi connectivity index (χ0n) is 12.2. The van der Waals surface area contributed by atoms with Gasteiger partial charge >= 0.3 is 0 Å². The number of hydrogen-bond donors (Lipinski definition) is 1. The van der Waals surface area contributed by atoms with E-state index in [1.807, 2.05) is 24.3 Å². The largest absolute Gasteiger partial charge is 0.370 e. The van der Waals surface area contributed by atoms with E-state index in [1.165, 1.54) is 12.1 Å². The molecule has 0 radical (unpaired) electrons. The second-order valence-electron chi connectivity index (χ2n) is 5.60. The monoisotopic (exact) mass is 299 g/mol. The van der Waals surface area contributed by atoms with Gasteiger partial charge in [0.15, 0.2) is 0 Å². The van der Waals surface area contributed by atoms with E-state index in [2.05, 4.69) is 0 Å². The van der Waals surface area contributed by atoms with Crippen molar-refractivity contribution in [2.45, 2.75) is 31.5 Å². The summed E-state index contributed by atoms with van der Waals surface area (Å²) in [6, 6.07) is 14.4. The Morgan fingerprint density at radius 2 is 1.91 bits per heavy atom. The average Bonchev–Trinajstić information content (AvgIpc) is 2.88. The van der Waals surface area contributed by atoms with E-state index in [-0.39, 0.29) is 11.7 Å². The number of hydrogen-bond acceptors (Lipinski definition) is 2. The number of amides is 1. The molecule has 1 amide bonds. The van der Waals surface area contributed by atoms with Crippen LogP contribution < -0.4 is 5.73 Å². The van der Waals surface area contributed by atoms with Crippen LogP contribution in [-0.2, 0) is 21.7 Å². The molecule has 0 aromatic heterocycles. The van der Waals surface area contributed by atoms with E-state index in [4.69, 9.17) is 10.5 Å². The molecule has 2 aromatic rings. The SMILES string of the molecule is NC(=O)CCCC1(c2ccc(F)cc2)OCc2ccccc21. The molecule has 0 fully saturated rings. The van der Waals surface area contributed by atoms with Gasteiger partial charge in [0.05, 0.1) is 6.61 Å². The fourth-order valence-electron chi connectivity index (χ4n) is 3.14. The second kappa shape index (κ2) is 5.89. The van der Waals surface area contributed by atoms with Crippen LogP contribution in [-0.4, -0.2) is 5.91 Å².